The molecule has 0 saturated heterocycles. The maximum absolute atomic E-state index is 12.6. The second-order valence-electron chi connectivity index (χ2n) is 8.03. The minimum atomic E-state index is -0.432. The molecule has 1 aromatic heterocycles. The average Bonchev–Trinajstić information content (AvgIpc) is 3.21. The van der Waals surface area contributed by atoms with Crippen molar-refractivity contribution in [3.63, 3.8) is 0 Å². The Bertz CT molecular complexity index is 1160. The largest absolute Gasteiger partial charge is 0.342 e. The van der Waals surface area contributed by atoms with E-state index in [2.05, 4.69) is 41.3 Å². The highest BCUT2D eigenvalue weighted by molar-refractivity contribution is 7.99. The van der Waals surface area contributed by atoms with Crippen molar-refractivity contribution >= 4 is 40.9 Å². The third-order valence-corrected chi connectivity index (χ3v) is 6.40. The molecule has 0 saturated carbocycles. The van der Waals surface area contributed by atoms with Crippen molar-refractivity contribution < 1.29 is 9.59 Å². The number of hydrogen-bond acceptors (Lipinski definition) is 5. The molecule has 0 bridgehead atoms. The summed E-state index contributed by atoms with van der Waals surface area (Å²) in [6.07, 6.45) is 1.72. The highest BCUT2D eigenvalue weighted by atomic mass is 35.5. The molecule has 0 aliphatic carbocycles. The van der Waals surface area contributed by atoms with Gasteiger partial charge in [0.05, 0.1) is 22.4 Å². The molecule has 2 N–H and O–H groups in total. The predicted octanol–water partition coefficient (Wildman–Crippen LogP) is 5.46. The van der Waals surface area contributed by atoms with Gasteiger partial charge in [-0.25, -0.2) is 0 Å². The fourth-order valence-corrected chi connectivity index (χ4v) is 4.27. The smallest absolute Gasteiger partial charge is 0.253 e. The summed E-state index contributed by atoms with van der Waals surface area (Å²) in [4.78, 5) is 25.1. The van der Waals surface area contributed by atoms with Crippen molar-refractivity contribution in [3.8, 4) is 0 Å². The van der Waals surface area contributed by atoms with Gasteiger partial charge in [-0.3, -0.25) is 9.59 Å². The monoisotopic (exact) mass is 497 g/mol. The Labute approximate surface area is 209 Å². The number of nitrogens with one attached hydrogen (secondary N) is 2. The molecule has 0 radical (unpaired) electrons. The van der Waals surface area contributed by atoms with Crippen LogP contribution in [0.4, 0.5) is 5.69 Å². The molecule has 1 atom stereocenters. The Morgan fingerprint density at radius 3 is 2.47 bits per heavy atom. The fourth-order valence-electron chi connectivity index (χ4n) is 3.29. The average molecular weight is 498 g/mol. The van der Waals surface area contributed by atoms with Crippen molar-refractivity contribution in [1.82, 2.24) is 20.1 Å². The number of amides is 2. The van der Waals surface area contributed by atoms with Gasteiger partial charge in [0, 0.05) is 12.2 Å². The van der Waals surface area contributed by atoms with Gasteiger partial charge in [-0.05, 0) is 42.7 Å². The standard InChI is InChI=1S/C25H28ClN5O2S/c1-5-14-31-23(17(4)27-24(33)20-8-6-7-9-21(20)26)29-30-25(31)34-15-22(32)28-19-12-10-18(11-13-19)16(2)3/h5-13,16-17H,1,14-15H2,2-4H3,(H,27,33)(H,28,32)/t17-/m1/s1. The summed E-state index contributed by atoms with van der Waals surface area (Å²) in [5, 5.41) is 15.2. The summed E-state index contributed by atoms with van der Waals surface area (Å²) in [6, 6.07) is 14.2. The zero-order valence-electron chi connectivity index (χ0n) is 19.4. The predicted molar refractivity (Wildman–Crippen MR) is 137 cm³/mol. The topological polar surface area (TPSA) is 88.9 Å². The van der Waals surface area contributed by atoms with Crippen molar-refractivity contribution in [2.75, 3.05) is 11.1 Å². The van der Waals surface area contributed by atoms with E-state index in [1.54, 1.807) is 30.3 Å². The van der Waals surface area contributed by atoms with Gasteiger partial charge >= 0.3 is 0 Å². The lowest BCUT2D eigenvalue weighted by Crippen LogP contribution is -2.29. The lowest BCUT2D eigenvalue weighted by atomic mass is 10.0. The Morgan fingerprint density at radius 2 is 1.82 bits per heavy atom. The lowest BCUT2D eigenvalue weighted by Gasteiger charge is -2.15. The van der Waals surface area contributed by atoms with Crippen LogP contribution < -0.4 is 10.6 Å². The van der Waals surface area contributed by atoms with Crippen LogP contribution in [0, 0.1) is 0 Å². The molecule has 2 amide bonds. The van der Waals surface area contributed by atoms with Gasteiger partial charge in [-0.2, -0.15) is 0 Å². The van der Waals surface area contributed by atoms with Crippen LogP contribution in [0.25, 0.3) is 0 Å². The molecule has 7 nitrogen and oxygen atoms in total. The van der Waals surface area contributed by atoms with Crippen LogP contribution >= 0.6 is 23.4 Å². The molecule has 34 heavy (non-hydrogen) atoms. The summed E-state index contributed by atoms with van der Waals surface area (Å²) in [6.45, 7) is 10.3. The number of halogens is 1. The number of carbonyl (C=O) groups is 2. The number of aromatic nitrogens is 3. The van der Waals surface area contributed by atoms with Crippen LogP contribution in [0.2, 0.25) is 5.02 Å². The molecule has 0 aliphatic rings. The number of carbonyl (C=O) groups excluding carboxylic acids is 2. The van der Waals surface area contributed by atoms with Gasteiger partial charge in [0.2, 0.25) is 5.91 Å². The normalized spacial score (nSPS) is 11.8. The van der Waals surface area contributed by atoms with Gasteiger partial charge in [-0.1, -0.05) is 67.6 Å². The minimum Gasteiger partial charge on any atom is -0.342 e. The van der Waals surface area contributed by atoms with Crippen LogP contribution in [0.5, 0.6) is 0 Å². The van der Waals surface area contributed by atoms with Crippen LogP contribution in [0.1, 0.15) is 54.5 Å². The van der Waals surface area contributed by atoms with E-state index < -0.39 is 6.04 Å². The van der Waals surface area contributed by atoms with E-state index in [1.807, 2.05) is 35.8 Å². The molecule has 0 unspecified atom stereocenters. The molecule has 1 heterocycles. The summed E-state index contributed by atoms with van der Waals surface area (Å²) in [7, 11) is 0. The van der Waals surface area contributed by atoms with Gasteiger partial charge < -0.3 is 15.2 Å². The maximum atomic E-state index is 12.6. The third-order valence-electron chi connectivity index (χ3n) is 5.10. The fraction of sp³-hybridized carbons (Fsp3) is 0.280. The number of rotatable bonds is 10. The van der Waals surface area contributed by atoms with Crippen LogP contribution in [-0.4, -0.2) is 32.3 Å². The van der Waals surface area contributed by atoms with Gasteiger partial charge in [0.1, 0.15) is 0 Å². The number of anilines is 1. The van der Waals surface area contributed by atoms with E-state index in [0.717, 1.165) is 5.69 Å². The molecule has 178 valence electrons. The van der Waals surface area contributed by atoms with E-state index in [1.165, 1.54) is 17.3 Å². The van der Waals surface area contributed by atoms with Crippen LogP contribution in [0.3, 0.4) is 0 Å². The first-order valence-electron chi connectivity index (χ1n) is 10.9. The molecule has 0 aliphatic heterocycles. The first-order valence-corrected chi connectivity index (χ1v) is 12.3. The van der Waals surface area contributed by atoms with Crippen molar-refractivity contribution in [1.29, 1.82) is 0 Å². The SMILES string of the molecule is C=CCn1c(SCC(=O)Nc2ccc(C(C)C)cc2)nnc1[C@@H](C)NC(=O)c1ccccc1Cl. The number of benzene rings is 2. The number of allylic oxidation sites excluding steroid dienone is 1. The summed E-state index contributed by atoms with van der Waals surface area (Å²) < 4.78 is 1.83. The third kappa shape index (κ3) is 6.48. The second-order valence-corrected chi connectivity index (χ2v) is 9.38. The summed E-state index contributed by atoms with van der Waals surface area (Å²) in [5.41, 5.74) is 2.35. The Hall–Kier alpha value is -3.10. The first kappa shape index (κ1) is 25.5. The highest BCUT2D eigenvalue weighted by Gasteiger charge is 2.21. The summed E-state index contributed by atoms with van der Waals surface area (Å²) in [5.74, 6) is 0.720. The van der Waals surface area contributed by atoms with Gasteiger partial charge in [0.25, 0.3) is 5.91 Å². The highest BCUT2D eigenvalue weighted by Crippen LogP contribution is 2.23. The molecular formula is C25H28ClN5O2S. The number of thioether (sulfide) groups is 1. The van der Waals surface area contributed by atoms with E-state index in [0.29, 0.717) is 34.0 Å². The summed E-state index contributed by atoms with van der Waals surface area (Å²) >= 11 is 7.41. The minimum absolute atomic E-state index is 0.142. The molecule has 0 fully saturated rings. The first-order chi connectivity index (χ1) is 16.3. The zero-order valence-corrected chi connectivity index (χ0v) is 21.0. The quantitative estimate of drug-likeness (QED) is 0.286. The van der Waals surface area contributed by atoms with E-state index >= 15 is 0 Å². The van der Waals surface area contributed by atoms with Crippen molar-refractivity contribution in [2.24, 2.45) is 0 Å². The Balaban J connectivity index is 1.64. The molecule has 2 aromatic carbocycles. The maximum Gasteiger partial charge on any atom is 0.253 e. The molecule has 0 spiro atoms. The second kappa shape index (κ2) is 11.9. The zero-order chi connectivity index (χ0) is 24.7. The van der Waals surface area contributed by atoms with E-state index in [4.69, 9.17) is 11.6 Å². The van der Waals surface area contributed by atoms with Crippen molar-refractivity contribution in [3.05, 3.63) is 83.2 Å². The van der Waals surface area contributed by atoms with Gasteiger partial charge in [-0.15, -0.1) is 16.8 Å². The number of nitrogens with zero attached hydrogens (tertiary/aromatic N) is 3. The van der Waals surface area contributed by atoms with E-state index in [9.17, 15) is 9.59 Å². The van der Waals surface area contributed by atoms with E-state index in [-0.39, 0.29) is 17.6 Å². The Morgan fingerprint density at radius 1 is 1.12 bits per heavy atom. The van der Waals surface area contributed by atoms with Crippen molar-refractivity contribution in [2.45, 2.75) is 44.4 Å². The molecule has 3 rings (SSSR count). The molecule has 9 heteroatoms. The van der Waals surface area contributed by atoms with Crippen LogP contribution in [-0.2, 0) is 11.3 Å². The Kier molecular flexibility index (Phi) is 8.90. The molecular weight excluding hydrogens is 470 g/mol. The number of hydrogen-bond donors (Lipinski definition) is 2. The lowest BCUT2D eigenvalue weighted by molar-refractivity contribution is -0.113. The van der Waals surface area contributed by atoms with Gasteiger partial charge in [0.15, 0.2) is 11.0 Å². The molecule has 3 aromatic rings. The van der Waals surface area contributed by atoms with Crippen LogP contribution in [0.15, 0.2) is 66.3 Å².